The third kappa shape index (κ3) is 4.25. The van der Waals surface area contributed by atoms with E-state index in [-0.39, 0.29) is 5.91 Å². The fourth-order valence-corrected chi connectivity index (χ4v) is 3.45. The average molecular weight is 293 g/mol. The standard InChI is InChI=1S/C16H23NO2S/c1-13-7-5-6-10-17(13)16(19)12-20-11-15(18)14-8-3-2-4-9-14/h2-4,8-9,13,15,18H,5-7,10-12H2,1H3. The van der Waals surface area contributed by atoms with Gasteiger partial charge in [-0.05, 0) is 31.7 Å². The average Bonchev–Trinajstić information content (AvgIpc) is 2.48. The number of nitrogens with zero attached hydrogens (tertiary/aromatic N) is 1. The quantitative estimate of drug-likeness (QED) is 0.907. The summed E-state index contributed by atoms with van der Waals surface area (Å²) in [7, 11) is 0. The molecule has 0 radical (unpaired) electrons. The van der Waals surface area contributed by atoms with Gasteiger partial charge in [-0.25, -0.2) is 0 Å². The van der Waals surface area contributed by atoms with E-state index in [1.807, 2.05) is 35.2 Å². The van der Waals surface area contributed by atoms with Crippen LogP contribution >= 0.6 is 11.8 Å². The van der Waals surface area contributed by atoms with Crippen molar-refractivity contribution in [3.8, 4) is 0 Å². The van der Waals surface area contributed by atoms with Crippen LogP contribution in [0, 0.1) is 0 Å². The number of piperidine rings is 1. The monoisotopic (exact) mass is 293 g/mol. The summed E-state index contributed by atoms with van der Waals surface area (Å²) in [5, 5.41) is 10.0. The minimum atomic E-state index is -0.493. The van der Waals surface area contributed by atoms with E-state index in [0.29, 0.717) is 17.5 Å². The first kappa shape index (κ1) is 15.4. The fraction of sp³-hybridized carbons (Fsp3) is 0.562. The maximum atomic E-state index is 12.1. The first-order valence-electron chi connectivity index (χ1n) is 7.28. The largest absolute Gasteiger partial charge is 0.388 e. The molecule has 20 heavy (non-hydrogen) atoms. The van der Waals surface area contributed by atoms with Crippen LogP contribution in [0.1, 0.15) is 37.9 Å². The first-order valence-corrected chi connectivity index (χ1v) is 8.44. The minimum Gasteiger partial charge on any atom is -0.388 e. The van der Waals surface area contributed by atoms with Gasteiger partial charge >= 0.3 is 0 Å². The summed E-state index contributed by atoms with van der Waals surface area (Å²) in [5.74, 6) is 1.24. The van der Waals surface area contributed by atoms with Gasteiger partial charge in [0.25, 0.3) is 0 Å². The molecule has 0 saturated carbocycles. The van der Waals surface area contributed by atoms with Gasteiger partial charge in [0.05, 0.1) is 11.9 Å². The summed E-state index contributed by atoms with van der Waals surface area (Å²) in [6.07, 6.45) is 2.97. The Morgan fingerprint density at radius 3 is 2.85 bits per heavy atom. The summed E-state index contributed by atoms with van der Waals surface area (Å²) in [4.78, 5) is 14.1. The van der Waals surface area contributed by atoms with Crippen molar-refractivity contribution < 1.29 is 9.90 Å². The highest BCUT2D eigenvalue weighted by molar-refractivity contribution is 7.99. The lowest BCUT2D eigenvalue weighted by Crippen LogP contribution is -2.43. The number of aliphatic hydroxyl groups is 1. The predicted octanol–water partition coefficient (Wildman–Crippen LogP) is 2.85. The zero-order valence-corrected chi connectivity index (χ0v) is 12.8. The molecule has 0 aromatic heterocycles. The molecule has 0 spiro atoms. The molecule has 2 unspecified atom stereocenters. The number of hydrogen-bond donors (Lipinski definition) is 1. The van der Waals surface area contributed by atoms with E-state index in [0.717, 1.165) is 24.9 Å². The van der Waals surface area contributed by atoms with Crippen LogP contribution in [0.4, 0.5) is 0 Å². The van der Waals surface area contributed by atoms with Crippen molar-refractivity contribution in [2.24, 2.45) is 0 Å². The summed E-state index contributed by atoms with van der Waals surface area (Å²) in [5.41, 5.74) is 0.916. The molecule has 1 N–H and O–H groups in total. The van der Waals surface area contributed by atoms with Gasteiger partial charge in [0, 0.05) is 18.3 Å². The number of hydrogen-bond acceptors (Lipinski definition) is 3. The van der Waals surface area contributed by atoms with Gasteiger partial charge in [0.1, 0.15) is 0 Å². The highest BCUT2D eigenvalue weighted by Crippen LogP contribution is 2.20. The molecule has 1 aromatic rings. The van der Waals surface area contributed by atoms with E-state index in [4.69, 9.17) is 0 Å². The van der Waals surface area contributed by atoms with Crippen molar-refractivity contribution in [3.05, 3.63) is 35.9 Å². The maximum absolute atomic E-state index is 12.1. The second-order valence-corrected chi connectivity index (χ2v) is 6.40. The molecule has 0 bridgehead atoms. The summed E-state index contributed by atoms with van der Waals surface area (Å²) < 4.78 is 0. The van der Waals surface area contributed by atoms with Crippen molar-refractivity contribution in [1.29, 1.82) is 0 Å². The van der Waals surface area contributed by atoms with E-state index in [2.05, 4.69) is 6.92 Å². The Kier molecular flexibility index (Phi) is 5.92. The van der Waals surface area contributed by atoms with Gasteiger partial charge in [-0.15, -0.1) is 11.8 Å². The molecule has 1 heterocycles. The third-order valence-electron chi connectivity index (χ3n) is 3.81. The topological polar surface area (TPSA) is 40.5 Å². The Hall–Kier alpha value is -1.00. The second-order valence-electron chi connectivity index (χ2n) is 5.37. The second kappa shape index (κ2) is 7.70. The maximum Gasteiger partial charge on any atom is 0.232 e. The molecular formula is C16H23NO2S. The molecule has 1 aliphatic heterocycles. The number of likely N-dealkylation sites (tertiary alicyclic amines) is 1. The lowest BCUT2D eigenvalue weighted by Gasteiger charge is -2.33. The molecule has 1 aliphatic rings. The number of carbonyl (C=O) groups excluding carboxylic acids is 1. The van der Waals surface area contributed by atoms with Gasteiger partial charge < -0.3 is 10.0 Å². The number of carbonyl (C=O) groups is 1. The van der Waals surface area contributed by atoms with Crippen LogP contribution in [-0.4, -0.2) is 40.0 Å². The molecule has 4 heteroatoms. The smallest absolute Gasteiger partial charge is 0.232 e. The molecule has 110 valence electrons. The van der Waals surface area contributed by atoms with Crippen molar-refractivity contribution in [2.75, 3.05) is 18.1 Å². The Morgan fingerprint density at radius 2 is 2.15 bits per heavy atom. The highest BCUT2D eigenvalue weighted by Gasteiger charge is 2.22. The molecule has 1 aromatic carbocycles. The van der Waals surface area contributed by atoms with Gasteiger partial charge in [0.15, 0.2) is 0 Å². The number of amides is 1. The molecule has 0 aliphatic carbocycles. The zero-order chi connectivity index (χ0) is 14.4. The third-order valence-corrected chi connectivity index (χ3v) is 4.81. The molecule has 2 atom stereocenters. The highest BCUT2D eigenvalue weighted by atomic mass is 32.2. The lowest BCUT2D eigenvalue weighted by atomic mass is 10.0. The molecule has 1 saturated heterocycles. The van der Waals surface area contributed by atoms with Crippen LogP contribution in [-0.2, 0) is 4.79 Å². The minimum absolute atomic E-state index is 0.211. The summed E-state index contributed by atoms with van der Waals surface area (Å²) in [6, 6.07) is 9.98. The first-order chi connectivity index (χ1) is 9.68. The Bertz CT molecular complexity index is 424. The van der Waals surface area contributed by atoms with Gasteiger partial charge in [-0.1, -0.05) is 30.3 Å². The summed E-state index contributed by atoms with van der Waals surface area (Å²) in [6.45, 7) is 3.02. The SMILES string of the molecule is CC1CCCCN1C(=O)CSCC(O)c1ccccc1. The summed E-state index contributed by atoms with van der Waals surface area (Å²) >= 11 is 1.52. The molecule has 2 rings (SSSR count). The van der Waals surface area contributed by atoms with Crippen molar-refractivity contribution >= 4 is 17.7 Å². The Balaban J connectivity index is 1.74. The van der Waals surface area contributed by atoms with Crippen LogP contribution in [0.5, 0.6) is 0 Å². The molecule has 1 amide bonds. The predicted molar refractivity (Wildman–Crippen MR) is 83.8 cm³/mol. The van der Waals surface area contributed by atoms with E-state index < -0.39 is 6.10 Å². The number of aliphatic hydroxyl groups excluding tert-OH is 1. The van der Waals surface area contributed by atoms with Crippen LogP contribution in [0.2, 0.25) is 0 Å². The van der Waals surface area contributed by atoms with E-state index in [1.165, 1.54) is 18.2 Å². The number of thioether (sulfide) groups is 1. The lowest BCUT2D eigenvalue weighted by molar-refractivity contribution is -0.131. The van der Waals surface area contributed by atoms with Gasteiger partial charge in [0.2, 0.25) is 5.91 Å². The molecule has 3 nitrogen and oxygen atoms in total. The van der Waals surface area contributed by atoms with Crippen LogP contribution in [0.15, 0.2) is 30.3 Å². The van der Waals surface area contributed by atoms with Crippen molar-refractivity contribution in [2.45, 2.75) is 38.3 Å². The zero-order valence-electron chi connectivity index (χ0n) is 12.0. The van der Waals surface area contributed by atoms with Crippen LogP contribution < -0.4 is 0 Å². The molecular weight excluding hydrogens is 270 g/mol. The van der Waals surface area contributed by atoms with Crippen molar-refractivity contribution in [1.82, 2.24) is 4.90 Å². The number of rotatable bonds is 5. The van der Waals surface area contributed by atoms with Crippen LogP contribution in [0.25, 0.3) is 0 Å². The Morgan fingerprint density at radius 1 is 1.40 bits per heavy atom. The van der Waals surface area contributed by atoms with Gasteiger partial charge in [-0.2, -0.15) is 0 Å². The van der Waals surface area contributed by atoms with Crippen molar-refractivity contribution in [3.63, 3.8) is 0 Å². The van der Waals surface area contributed by atoms with E-state index in [1.54, 1.807) is 0 Å². The van der Waals surface area contributed by atoms with Crippen LogP contribution in [0.3, 0.4) is 0 Å². The Labute approximate surface area is 125 Å². The van der Waals surface area contributed by atoms with E-state index >= 15 is 0 Å². The van der Waals surface area contributed by atoms with Gasteiger partial charge in [-0.3, -0.25) is 4.79 Å². The van der Waals surface area contributed by atoms with E-state index in [9.17, 15) is 9.90 Å². The normalized spacial score (nSPS) is 20.7. The number of benzene rings is 1. The molecule has 1 fully saturated rings. The fourth-order valence-electron chi connectivity index (χ4n) is 2.58.